The van der Waals surface area contributed by atoms with Crippen molar-refractivity contribution in [3.8, 4) is 0 Å². The fourth-order valence-corrected chi connectivity index (χ4v) is 2.81. The molecule has 0 bridgehead atoms. The molecule has 0 aliphatic rings. The number of nitrogens with one attached hydrogen (secondary N) is 1. The van der Waals surface area contributed by atoms with E-state index >= 15 is 0 Å². The van der Waals surface area contributed by atoms with E-state index in [-0.39, 0.29) is 11.6 Å². The maximum absolute atomic E-state index is 13.2. The molecule has 8 heteroatoms. The van der Waals surface area contributed by atoms with Gasteiger partial charge in [0.25, 0.3) is 5.91 Å². The van der Waals surface area contributed by atoms with Crippen molar-refractivity contribution >= 4 is 34.5 Å². The Kier molecular flexibility index (Phi) is 5.29. The van der Waals surface area contributed by atoms with Crippen molar-refractivity contribution in [2.45, 2.75) is 13.2 Å². The number of hydrazine groups is 1. The highest BCUT2D eigenvalue weighted by atomic mass is 35.5. The summed E-state index contributed by atoms with van der Waals surface area (Å²) >= 11 is 6.10. The lowest BCUT2D eigenvalue weighted by Gasteiger charge is -2.07. The Morgan fingerprint density at radius 3 is 2.81 bits per heavy atom. The number of amides is 1. The van der Waals surface area contributed by atoms with E-state index < -0.39 is 18.4 Å². The van der Waals surface area contributed by atoms with Crippen LogP contribution in [0.25, 0.3) is 17.0 Å². The maximum Gasteiger partial charge on any atom is 0.257 e. The standard InChI is InChI=1S/C18H15ClF2N4O/c19-15-8-13(21)3-2-12(15)10-25-17-7-11(9-20)1-4-14(17)16(24-25)5-6-18(26)23-22/h1-8H,9-10,22H2,(H,23,26). The van der Waals surface area contributed by atoms with E-state index in [4.69, 9.17) is 17.4 Å². The molecule has 0 saturated heterocycles. The van der Waals surface area contributed by atoms with Crippen LogP contribution in [0.2, 0.25) is 5.02 Å². The third kappa shape index (κ3) is 3.74. The second-order valence-electron chi connectivity index (χ2n) is 5.61. The summed E-state index contributed by atoms with van der Waals surface area (Å²) in [5, 5.41) is 5.47. The van der Waals surface area contributed by atoms with Crippen LogP contribution in [0, 0.1) is 5.82 Å². The van der Waals surface area contributed by atoms with Gasteiger partial charge in [-0.05, 0) is 35.4 Å². The summed E-state index contributed by atoms with van der Waals surface area (Å²) in [6.45, 7) is -0.346. The van der Waals surface area contributed by atoms with Crippen LogP contribution >= 0.6 is 11.6 Å². The molecule has 0 aliphatic heterocycles. The molecule has 0 radical (unpaired) electrons. The van der Waals surface area contributed by atoms with Crippen molar-refractivity contribution in [1.82, 2.24) is 15.2 Å². The minimum absolute atomic E-state index is 0.266. The first kappa shape index (κ1) is 18.0. The first-order valence-corrected chi connectivity index (χ1v) is 8.07. The predicted molar refractivity (Wildman–Crippen MR) is 96.4 cm³/mol. The van der Waals surface area contributed by atoms with Crippen LogP contribution in [0.15, 0.2) is 42.5 Å². The Labute approximate surface area is 153 Å². The van der Waals surface area contributed by atoms with Crippen molar-refractivity contribution in [2.75, 3.05) is 0 Å². The van der Waals surface area contributed by atoms with Crippen LogP contribution in [-0.4, -0.2) is 15.7 Å². The number of nitrogens with zero attached hydrogens (tertiary/aromatic N) is 2. The van der Waals surface area contributed by atoms with Gasteiger partial charge in [-0.25, -0.2) is 14.6 Å². The molecule has 0 spiro atoms. The molecular weight excluding hydrogens is 362 g/mol. The van der Waals surface area contributed by atoms with Crippen LogP contribution in [0.5, 0.6) is 0 Å². The van der Waals surface area contributed by atoms with Crippen molar-refractivity contribution in [1.29, 1.82) is 0 Å². The molecule has 0 unspecified atom stereocenters. The fraction of sp³-hybridized carbons (Fsp3) is 0.111. The van der Waals surface area contributed by atoms with Gasteiger partial charge in [-0.3, -0.25) is 14.9 Å². The number of aromatic nitrogens is 2. The second kappa shape index (κ2) is 7.63. The molecule has 134 valence electrons. The number of fused-ring (bicyclic) bond motifs is 1. The zero-order valence-electron chi connectivity index (χ0n) is 13.5. The Bertz CT molecular complexity index is 1000. The molecule has 5 nitrogen and oxygen atoms in total. The summed E-state index contributed by atoms with van der Waals surface area (Å²) in [7, 11) is 0. The van der Waals surface area contributed by atoms with E-state index in [0.717, 1.165) is 5.39 Å². The largest absolute Gasteiger partial charge is 0.291 e. The molecule has 3 aromatic rings. The third-order valence-electron chi connectivity index (χ3n) is 3.87. The molecule has 3 rings (SSSR count). The minimum Gasteiger partial charge on any atom is -0.291 e. The molecular formula is C18H15ClF2N4O. The van der Waals surface area contributed by atoms with Gasteiger partial charge in [-0.15, -0.1) is 0 Å². The van der Waals surface area contributed by atoms with Crippen LogP contribution in [0.4, 0.5) is 8.78 Å². The van der Waals surface area contributed by atoms with Crippen molar-refractivity contribution in [3.05, 3.63) is 70.1 Å². The molecule has 0 saturated carbocycles. The van der Waals surface area contributed by atoms with Gasteiger partial charge in [-0.1, -0.05) is 29.8 Å². The lowest BCUT2D eigenvalue weighted by atomic mass is 10.1. The van der Waals surface area contributed by atoms with E-state index in [0.29, 0.717) is 22.3 Å². The molecule has 3 N–H and O–H groups in total. The Morgan fingerprint density at radius 1 is 1.31 bits per heavy atom. The van der Waals surface area contributed by atoms with Crippen LogP contribution in [-0.2, 0) is 18.0 Å². The maximum atomic E-state index is 13.2. The molecule has 0 aliphatic carbocycles. The SMILES string of the molecule is NNC(=O)C=Cc1nn(Cc2ccc(F)cc2Cl)c2cc(CF)ccc12. The zero-order chi connectivity index (χ0) is 18.7. The molecule has 1 amide bonds. The highest BCUT2D eigenvalue weighted by molar-refractivity contribution is 6.31. The van der Waals surface area contributed by atoms with Gasteiger partial charge in [0, 0.05) is 16.5 Å². The number of hydrogen-bond acceptors (Lipinski definition) is 3. The van der Waals surface area contributed by atoms with Crippen molar-refractivity contribution < 1.29 is 13.6 Å². The summed E-state index contributed by atoms with van der Waals surface area (Å²) in [5.41, 5.74) is 4.36. The van der Waals surface area contributed by atoms with Gasteiger partial charge < -0.3 is 0 Å². The Balaban J connectivity index is 2.08. The highest BCUT2D eigenvalue weighted by Gasteiger charge is 2.12. The van der Waals surface area contributed by atoms with E-state index in [1.54, 1.807) is 28.9 Å². The monoisotopic (exact) mass is 376 g/mol. The normalized spacial score (nSPS) is 11.4. The van der Waals surface area contributed by atoms with Gasteiger partial charge >= 0.3 is 0 Å². The number of carbonyl (C=O) groups excluding carboxylic acids is 1. The van der Waals surface area contributed by atoms with Crippen LogP contribution in [0.3, 0.4) is 0 Å². The van der Waals surface area contributed by atoms with Gasteiger partial charge in [0.1, 0.15) is 12.5 Å². The van der Waals surface area contributed by atoms with E-state index in [1.165, 1.54) is 24.3 Å². The molecule has 1 aromatic heterocycles. The number of halogens is 3. The number of carbonyl (C=O) groups is 1. The molecule has 0 atom stereocenters. The van der Waals surface area contributed by atoms with E-state index in [2.05, 4.69) is 5.10 Å². The number of hydrogen-bond donors (Lipinski definition) is 2. The molecule has 0 fully saturated rings. The number of alkyl halides is 1. The lowest BCUT2D eigenvalue weighted by molar-refractivity contribution is -0.116. The average Bonchev–Trinajstić information content (AvgIpc) is 2.98. The quantitative estimate of drug-likeness (QED) is 0.310. The van der Waals surface area contributed by atoms with Gasteiger partial charge in [-0.2, -0.15) is 5.10 Å². The third-order valence-corrected chi connectivity index (χ3v) is 4.22. The predicted octanol–water partition coefficient (Wildman–Crippen LogP) is 3.35. The minimum atomic E-state index is -0.612. The molecule has 2 aromatic carbocycles. The number of benzene rings is 2. The summed E-state index contributed by atoms with van der Waals surface area (Å²) in [6.07, 6.45) is 2.77. The average molecular weight is 377 g/mol. The number of nitrogens with two attached hydrogens (primary N) is 1. The summed E-state index contributed by atoms with van der Waals surface area (Å²) < 4.78 is 27.9. The Hall–Kier alpha value is -2.77. The van der Waals surface area contributed by atoms with E-state index in [9.17, 15) is 13.6 Å². The van der Waals surface area contributed by atoms with Crippen molar-refractivity contribution in [2.24, 2.45) is 5.84 Å². The highest BCUT2D eigenvalue weighted by Crippen LogP contribution is 2.25. The summed E-state index contributed by atoms with van der Waals surface area (Å²) in [6, 6.07) is 9.18. The van der Waals surface area contributed by atoms with Crippen LogP contribution in [0.1, 0.15) is 16.8 Å². The smallest absolute Gasteiger partial charge is 0.257 e. The second-order valence-corrected chi connectivity index (χ2v) is 6.01. The molecule has 1 heterocycles. The first-order chi connectivity index (χ1) is 12.5. The molecule has 26 heavy (non-hydrogen) atoms. The summed E-state index contributed by atoms with van der Waals surface area (Å²) in [4.78, 5) is 11.3. The van der Waals surface area contributed by atoms with Gasteiger partial charge in [0.2, 0.25) is 0 Å². The lowest BCUT2D eigenvalue weighted by Crippen LogP contribution is -2.27. The van der Waals surface area contributed by atoms with E-state index in [1.807, 2.05) is 5.43 Å². The number of rotatable bonds is 5. The Morgan fingerprint density at radius 2 is 2.12 bits per heavy atom. The topological polar surface area (TPSA) is 72.9 Å². The first-order valence-electron chi connectivity index (χ1n) is 7.70. The zero-order valence-corrected chi connectivity index (χ0v) is 14.3. The fourth-order valence-electron chi connectivity index (χ4n) is 2.59. The van der Waals surface area contributed by atoms with Crippen molar-refractivity contribution in [3.63, 3.8) is 0 Å². The van der Waals surface area contributed by atoms with Gasteiger partial charge in [0.15, 0.2) is 0 Å². The van der Waals surface area contributed by atoms with Gasteiger partial charge in [0.05, 0.1) is 17.8 Å². The van der Waals surface area contributed by atoms with Crippen LogP contribution < -0.4 is 11.3 Å². The summed E-state index contributed by atoms with van der Waals surface area (Å²) in [5.74, 6) is 4.15.